The number of methoxy groups -OCH3 is 1. The standard InChI is InChI=1S/C49H59N11O6/c1-4-40-48(64)57(2)42-28-51-49(54-45(42)60(40)36-11-5-6-12-36)52-38-20-14-32(27-43(38)65-3)39-30-59(56-55-39)35-17-15-34(16-18-35)50-23-9-25-66-24-8-7-10-31-13-19-37-33(26-31)29-58(47(37)63)41-21-22-44(61)53-46(41)62/h13-14,19-20,26-28,30,34-36,40-41,50H,4-6,8-9,11-12,15-18,21-25,29H2,1-3H3,(H,51,52,54)(H,53,61,62)/t34-,35+,40-,41?/m1/s1. The molecule has 0 spiro atoms. The number of nitrogens with one attached hydrogen (secondary N) is 3. The molecule has 17 nitrogen and oxygen atoms in total. The van der Waals surface area contributed by atoms with Crippen molar-refractivity contribution in [1.82, 2.24) is 40.5 Å². The zero-order valence-electron chi connectivity index (χ0n) is 38.1. The van der Waals surface area contributed by atoms with Gasteiger partial charge in [0, 0.05) is 61.8 Å². The molecule has 1 saturated heterocycles. The molecular weight excluding hydrogens is 839 g/mol. The van der Waals surface area contributed by atoms with Gasteiger partial charge in [-0.25, -0.2) is 9.67 Å². The van der Waals surface area contributed by atoms with E-state index < -0.39 is 11.9 Å². The van der Waals surface area contributed by atoms with Gasteiger partial charge in [0.15, 0.2) is 5.82 Å². The van der Waals surface area contributed by atoms with E-state index in [1.54, 1.807) is 29.2 Å². The van der Waals surface area contributed by atoms with Crippen molar-refractivity contribution < 1.29 is 28.7 Å². The second-order valence-electron chi connectivity index (χ2n) is 17.9. The molecule has 346 valence electrons. The molecule has 2 saturated carbocycles. The summed E-state index contributed by atoms with van der Waals surface area (Å²) in [6.07, 6.45) is 15.2. The highest BCUT2D eigenvalue weighted by Crippen LogP contribution is 2.41. The van der Waals surface area contributed by atoms with Gasteiger partial charge in [0.1, 0.15) is 29.2 Å². The minimum absolute atomic E-state index is 0.0896. The van der Waals surface area contributed by atoms with Gasteiger partial charge in [0.25, 0.3) is 5.91 Å². The van der Waals surface area contributed by atoms with Crippen LogP contribution in [0.2, 0.25) is 0 Å². The van der Waals surface area contributed by atoms with Gasteiger partial charge in [0.05, 0.1) is 37.8 Å². The van der Waals surface area contributed by atoms with Crippen LogP contribution in [-0.2, 0) is 25.7 Å². The molecule has 5 aliphatic rings. The van der Waals surface area contributed by atoms with Crippen molar-refractivity contribution in [2.45, 2.75) is 127 Å². The van der Waals surface area contributed by atoms with Crippen molar-refractivity contribution in [2.75, 3.05) is 49.0 Å². The second-order valence-corrected chi connectivity index (χ2v) is 17.9. The van der Waals surface area contributed by atoms with Gasteiger partial charge >= 0.3 is 0 Å². The van der Waals surface area contributed by atoms with Crippen LogP contribution in [0.25, 0.3) is 11.3 Å². The number of hydrogen-bond donors (Lipinski definition) is 3. The molecule has 17 heteroatoms. The summed E-state index contributed by atoms with van der Waals surface area (Å²) in [7, 11) is 3.45. The van der Waals surface area contributed by atoms with E-state index in [0.29, 0.717) is 62.3 Å². The van der Waals surface area contributed by atoms with Crippen LogP contribution in [0.4, 0.5) is 23.1 Å². The van der Waals surface area contributed by atoms with Gasteiger partial charge in [-0.3, -0.25) is 24.5 Å². The Morgan fingerprint density at radius 2 is 1.79 bits per heavy atom. The first-order valence-electron chi connectivity index (χ1n) is 23.6. The summed E-state index contributed by atoms with van der Waals surface area (Å²) < 4.78 is 13.7. The van der Waals surface area contributed by atoms with Crippen LogP contribution in [0, 0.1) is 11.8 Å². The van der Waals surface area contributed by atoms with Crippen LogP contribution in [0.5, 0.6) is 5.75 Å². The Hall–Kier alpha value is -6.38. The SMILES string of the molecule is CC[C@@H]1C(=O)N(C)c2cnc(Nc3ccc(-c4cn([C@H]5CC[C@@H](NCCCOCCC#Cc6ccc7c(c6)CN(C6CCC(=O)NC6=O)C7=O)CC5)nn4)cc3OC)nc2N1C1CCCC1. The number of likely N-dealkylation sites (N-methyl/N-ethyl adjacent to an activating group) is 1. The molecule has 3 N–H and O–H groups in total. The quantitative estimate of drug-likeness (QED) is 0.0753. The first kappa shape index (κ1) is 44.8. The molecule has 2 atom stereocenters. The Kier molecular flexibility index (Phi) is 13.6. The van der Waals surface area contributed by atoms with Crippen LogP contribution >= 0.6 is 0 Å². The molecule has 3 aliphatic heterocycles. The Balaban J connectivity index is 0.698. The summed E-state index contributed by atoms with van der Waals surface area (Å²) in [6.45, 7) is 4.49. The minimum Gasteiger partial charge on any atom is -0.495 e. The maximum atomic E-state index is 13.3. The van der Waals surface area contributed by atoms with Gasteiger partial charge in [0.2, 0.25) is 23.7 Å². The van der Waals surface area contributed by atoms with Gasteiger partial charge < -0.3 is 34.8 Å². The van der Waals surface area contributed by atoms with Crippen molar-refractivity contribution in [3.05, 3.63) is 65.5 Å². The van der Waals surface area contributed by atoms with E-state index in [0.717, 1.165) is 104 Å². The monoisotopic (exact) mass is 897 g/mol. The smallest absolute Gasteiger partial charge is 0.255 e. The zero-order chi connectivity index (χ0) is 45.7. The molecule has 1 unspecified atom stereocenters. The molecule has 66 heavy (non-hydrogen) atoms. The molecule has 3 fully saturated rings. The normalized spacial score (nSPS) is 22.0. The van der Waals surface area contributed by atoms with Crippen LogP contribution < -0.4 is 30.5 Å². The van der Waals surface area contributed by atoms with Crippen LogP contribution in [0.3, 0.4) is 0 Å². The predicted molar refractivity (Wildman–Crippen MR) is 248 cm³/mol. The van der Waals surface area contributed by atoms with Gasteiger partial charge in [-0.1, -0.05) is 42.9 Å². The van der Waals surface area contributed by atoms with Crippen molar-refractivity contribution in [2.24, 2.45) is 0 Å². The number of anilines is 4. The van der Waals surface area contributed by atoms with E-state index in [4.69, 9.17) is 14.5 Å². The third-order valence-corrected chi connectivity index (χ3v) is 13.8. The van der Waals surface area contributed by atoms with Crippen LogP contribution in [0.15, 0.2) is 48.8 Å². The number of imide groups is 1. The molecule has 4 amide bonds. The highest BCUT2D eigenvalue weighted by atomic mass is 16.5. The number of hydrogen-bond acceptors (Lipinski definition) is 13. The van der Waals surface area contributed by atoms with E-state index in [1.807, 2.05) is 48.3 Å². The molecule has 5 heterocycles. The number of nitrogens with zero attached hydrogens (tertiary/aromatic N) is 8. The molecule has 0 radical (unpaired) electrons. The Labute approximate surface area is 385 Å². The van der Waals surface area contributed by atoms with Crippen molar-refractivity contribution in [3.63, 3.8) is 0 Å². The first-order valence-corrected chi connectivity index (χ1v) is 23.6. The molecule has 2 aromatic heterocycles. The molecular formula is C49H59N11O6. The Morgan fingerprint density at radius 1 is 0.955 bits per heavy atom. The lowest BCUT2D eigenvalue weighted by molar-refractivity contribution is -0.137. The summed E-state index contributed by atoms with van der Waals surface area (Å²) >= 11 is 0. The van der Waals surface area contributed by atoms with Gasteiger partial charge in [-0.2, -0.15) is 4.98 Å². The average molecular weight is 898 g/mol. The molecule has 4 aromatic rings. The largest absolute Gasteiger partial charge is 0.495 e. The molecule has 0 bridgehead atoms. The van der Waals surface area contributed by atoms with E-state index in [9.17, 15) is 19.2 Å². The molecule has 2 aliphatic carbocycles. The van der Waals surface area contributed by atoms with E-state index >= 15 is 0 Å². The number of aromatic nitrogens is 5. The predicted octanol–water partition coefficient (Wildman–Crippen LogP) is 5.67. The highest BCUT2D eigenvalue weighted by Gasteiger charge is 2.42. The Morgan fingerprint density at radius 3 is 2.58 bits per heavy atom. The van der Waals surface area contributed by atoms with E-state index in [1.165, 1.54) is 0 Å². The van der Waals surface area contributed by atoms with E-state index in [-0.39, 0.29) is 42.3 Å². The number of carbonyl (C=O) groups excluding carboxylic acids is 4. The fourth-order valence-corrected chi connectivity index (χ4v) is 10.2. The second kappa shape index (κ2) is 20.0. The number of rotatable bonds is 15. The highest BCUT2D eigenvalue weighted by molar-refractivity contribution is 6.06. The summed E-state index contributed by atoms with van der Waals surface area (Å²) in [5, 5.41) is 18.5. The fraction of sp³-hybridized carbons (Fsp3) is 0.510. The fourth-order valence-electron chi connectivity index (χ4n) is 10.2. The van der Waals surface area contributed by atoms with Gasteiger partial charge in [-0.05, 0) is 100 Å². The number of benzene rings is 2. The average Bonchev–Trinajstić information content (AvgIpc) is 4.12. The first-order chi connectivity index (χ1) is 32.2. The zero-order valence-corrected chi connectivity index (χ0v) is 38.1. The van der Waals surface area contributed by atoms with E-state index in [2.05, 4.69) is 54.9 Å². The third-order valence-electron chi connectivity index (χ3n) is 13.8. The topological polar surface area (TPSA) is 189 Å². The summed E-state index contributed by atoms with van der Waals surface area (Å²) in [5.41, 5.74) is 5.39. The lowest BCUT2D eigenvalue weighted by atomic mass is 9.91. The lowest BCUT2D eigenvalue weighted by Crippen LogP contribution is -2.55. The van der Waals surface area contributed by atoms with Crippen LogP contribution in [0.1, 0.15) is 118 Å². The number of piperidine rings is 1. The van der Waals surface area contributed by atoms with Crippen molar-refractivity contribution >= 4 is 46.8 Å². The van der Waals surface area contributed by atoms with Gasteiger partial charge in [-0.15, -0.1) is 5.10 Å². The van der Waals surface area contributed by atoms with Crippen molar-refractivity contribution in [1.29, 1.82) is 0 Å². The summed E-state index contributed by atoms with van der Waals surface area (Å²) in [6, 6.07) is 11.6. The molecule has 9 rings (SSSR count). The molecule has 2 aromatic carbocycles. The number of ether oxygens (including phenoxy) is 2. The number of amides is 4. The maximum absolute atomic E-state index is 13.3. The number of fused-ring (bicyclic) bond motifs is 2. The van der Waals surface area contributed by atoms with Crippen molar-refractivity contribution in [3.8, 4) is 28.8 Å². The third kappa shape index (κ3) is 9.48. The lowest BCUT2D eigenvalue weighted by Gasteiger charge is -2.43. The number of carbonyl (C=O) groups is 4. The summed E-state index contributed by atoms with van der Waals surface area (Å²) in [4.78, 5) is 65.3. The Bertz CT molecular complexity index is 2520. The van der Waals surface area contributed by atoms with Crippen LogP contribution in [-0.4, -0.2) is 112 Å². The maximum Gasteiger partial charge on any atom is 0.255 e. The summed E-state index contributed by atoms with van der Waals surface area (Å²) in [5.74, 6) is 7.42. The minimum atomic E-state index is -0.626.